The molecule has 0 spiro atoms. The third kappa shape index (κ3) is 3.64. The molecule has 1 atom stereocenters. The summed E-state index contributed by atoms with van der Waals surface area (Å²) in [5.41, 5.74) is 5.45. The summed E-state index contributed by atoms with van der Waals surface area (Å²) in [6, 6.07) is 4.02. The van der Waals surface area contributed by atoms with Gasteiger partial charge in [0, 0.05) is 25.2 Å². The second kappa shape index (κ2) is 7.57. The standard InChI is InChI=1S/C16H24N6O2/c1-2-4-14(21-8-6-12(7-9-21)15(17)23)16-18-19-20-22(16)11-13-5-3-10-24-13/h3,5,10,12,14H,2,4,6-9,11H2,1H3,(H2,17,23)/p+1/t14-/m0/s1. The Kier molecular flexibility index (Phi) is 5.24. The number of rotatable bonds is 7. The van der Waals surface area contributed by atoms with Crippen molar-refractivity contribution in [2.45, 2.75) is 45.2 Å². The van der Waals surface area contributed by atoms with Crippen molar-refractivity contribution in [3.63, 3.8) is 0 Å². The third-order valence-electron chi connectivity index (χ3n) is 4.86. The Balaban J connectivity index is 1.74. The van der Waals surface area contributed by atoms with E-state index >= 15 is 0 Å². The number of quaternary nitrogens is 1. The van der Waals surface area contributed by atoms with Crippen LogP contribution in [0.3, 0.4) is 0 Å². The van der Waals surface area contributed by atoms with Crippen molar-refractivity contribution in [1.82, 2.24) is 20.2 Å². The molecule has 0 unspecified atom stereocenters. The highest BCUT2D eigenvalue weighted by atomic mass is 16.3. The molecule has 1 fully saturated rings. The van der Waals surface area contributed by atoms with Gasteiger partial charge in [0.05, 0.1) is 19.4 Å². The number of carbonyl (C=O) groups excluding carboxylic acids is 1. The predicted molar refractivity (Wildman–Crippen MR) is 85.9 cm³/mol. The number of nitrogens with two attached hydrogens (primary N) is 1. The minimum Gasteiger partial charge on any atom is -0.467 e. The van der Waals surface area contributed by atoms with E-state index in [2.05, 4.69) is 22.4 Å². The molecule has 3 rings (SSSR count). The highest BCUT2D eigenvalue weighted by Crippen LogP contribution is 2.17. The SMILES string of the molecule is CCC[C@@H](c1nnnn1Cc1ccco1)[NH+]1CCC(C(N)=O)CC1. The van der Waals surface area contributed by atoms with E-state index in [1.807, 2.05) is 16.8 Å². The second-order valence-corrected chi connectivity index (χ2v) is 6.45. The van der Waals surface area contributed by atoms with Crippen LogP contribution in [0.5, 0.6) is 0 Å². The van der Waals surface area contributed by atoms with E-state index in [4.69, 9.17) is 10.2 Å². The van der Waals surface area contributed by atoms with E-state index in [0.717, 1.165) is 50.4 Å². The number of nitrogens with zero attached hydrogens (tertiary/aromatic N) is 4. The van der Waals surface area contributed by atoms with Crippen LogP contribution in [-0.2, 0) is 11.3 Å². The molecule has 1 aliphatic rings. The third-order valence-corrected chi connectivity index (χ3v) is 4.86. The lowest BCUT2D eigenvalue weighted by Gasteiger charge is -2.33. The van der Waals surface area contributed by atoms with Crippen LogP contribution in [0.25, 0.3) is 0 Å². The average molecular weight is 333 g/mol. The van der Waals surface area contributed by atoms with Crippen molar-refractivity contribution in [3.8, 4) is 0 Å². The first kappa shape index (κ1) is 16.6. The maximum atomic E-state index is 11.4. The smallest absolute Gasteiger partial charge is 0.220 e. The molecule has 1 saturated heterocycles. The fraction of sp³-hybridized carbons (Fsp3) is 0.625. The molecule has 0 bridgehead atoms. The summed E-state index contributed by atoms with van der Waals surface area (Å²) in [4.78, 5) is 12.8. The number of amides is 1. The van der Waals surface area contributed by atoms with Gasteiger partial charge in [0.2, 0.25) is 11.7 Å². The number of carbonyl (C=O) groups is 1. The van der Waals surface area contributed by atoms with Crippen molar-refractivity contribution in [1.29, 1.82) is 0 Å². The van der Waals surface area contributed by atoms with Crippen molar-refractivity contribution < 1.29 is 14.1 Å². The number of primary amides is 1. The van der Waals surface area contributed by atoms with Gasteiger partial charge >= 0.3 is 0 Å². The van der Waals surface area contributed by atoms with E-state index in [9.17, 15) is 4.79 Å². The molecule has 1 aliphatic heterocycles. The minimum atomic E-state index is -0.177. The van der Waals surface area contributed by atoms with Crippen LogP contribution in [0, 0.1) is 5.92 Å². The lowest BCUT2D eigenvalue weighted by Crippen LogP contribution is -3.13. The summed E-state index contributed by atoms with van der Waals surface area (Å²) >= 11 is 0. The van der Waals surface area contributed by atoms with Crippen LogP contribution >= 0.6 is 0 Å². The molecule has 0 aliphatic carbocycles. The molecule has 130 valence electrons. The lowest BCUT2D eigenvalue weighted by molar-refractivity contribution is -0.938. The van der Waals surface area contributed by atoms with E-state index < -0.39 is 0 Å². The summed E-state index contributed by atoms with van der Waals surface area (Å²) < 4.78 is 7.24. The van der Waals surface area contributed by atoms with Crippen molar-refractivity contribution in [2.75, 3.05) is 13.1 Å². The Morgan fingerprint density at radius 3 is 2.92 bits per heavy atom. The first-order valence-electron chi connectivity index (χ1n) is 8.61. The maximum Gasteiger partial charge on any atom is 0.220 e. The summed E-state index contributed by atoms with van der Waals surface area (Å²) in [5.74, 6) is 1.56. The molecule has 0 aromatic carbocycles. The number of hydrogen-bond donors (Lipinski definition) is 2. The van der Waals surface area contributed by atoms with Crippen molar-refractivity contribution >= 4 is 5.91 Å². The normalized spacial score (nSPS) is 22.4. The molecule has 8 nitrogen and oxygen atoms in total. The number of furan rings is 1. The van der Waals surface area contributed by atoms with Gasteiger partial charge in [-0.2, -0.15) is 0 Å². The van der Waals surface area contributed by atoms with Gasteiger partial charge in [0.25, 0.3) is 0 Å². The first-order valence-corrected chi connectivity index (χ1v) is 8.61. The highest BCUT2D eigenvalue weighted by molar-refractivity contribution is 5.76. The fourth-order valence-corrected chi connectivity index (χ4v) is 3.55. The van der Waals surface area contributed by atoms with Crippen LogP contribution in [0.4, 0.5) is 0 Å². The Bertz CT molecular complexity index is 645. The van der Waals surface area contributed by atoms with Gasteiger partial charge in [-0.05, 0) is 22.6 Å². The molecule has 2 aromatic heterocycles. The van der Waals surface area contributed by atoms with Gasteiger partial charge in [-0.25, -0.2) is 4.68 Å². The number of piperidine rings is 1. The number of nitrogens with one attached hydrogen (secondary N) is 1. The van der Waals surface area contributed by atoms with Crippen LogP contribution in [-0.4, -0.2) is 39.2 Å². The number of likely N-dealkylation sites (tertiary alicyclic amines) is 1. The molecular formula is C16H25N6O2+. The van der Waals surface area contributed by atoms with Crippen LogP contribution < -0.4 is 10.6 Å². The lowest BCUT2D eigenvalue weighted by atomic mass is 9.94. The van der Waals surface area contributed by atoms with Gasteiger partial charge in [0.15, 0.2) is 0 Å². The largest absolute Gasteiger partial charge is 0.467 e. The van der Waals surface area contributed by atoms with Gasteiger partial charge in [0.1, 0.15) is 18.3 Å². The highest BCUT2D eigenvalue weighted by Gasteiger charge is 2.34. The van der Waals surface area contributed by atoms with Crippen LogP contribution in [0.2, 0.25) is 0 Å². The molecular weight excluding hydrogens is 308 g/mol. The Morgan fingerprint density at radius 1 is 1.50 bits per heavy atom. The Hall–Kier alpha value is -2.22. The Morgan fingerprint density at radius 2 is 2.29 bits per heavy atom. The first-order chi connectivity index (χ1) is 11.7. The van der Waals surface area contributed by atoms with Gasteiger partial charge in [-0.1, -0.05) is 13.3 Å². The summed E-state index contributed by atoms with van der Waals surface area (Å²) in [7, 11) is 0. The molecule has 0 radical (unpaired) electrons. The monoisotopic (exact) mass is 333 g/mol. The zero-order chi connectivity index (χ0) is 16.9. The molecule has 24 heavy (non-hydrogen) atoms. The molecule has 0 saturated carbocycles. The molecule has 8 heteroatoms. The van der Waals surface area contributed by atoms with Gasteiger partial charge in [-0.15, -0.1) is 5.10 Å². The number of hydrogen-bond acceptors (Lipinski definition) is 5. The van der Waals surface area contributed by atoms with E-state index in [0.29, 0.717) is 6.54 Å². The van der Waals surface area contributed by atoms with Crippen LogP contribution in [0.1, 0.15) is 50.2 Å². The quantitative estimate of drug-likeness (QED) is 0.738. The molecule has 1 amide bonds. The molecule has 3 N–H and O–H groups in total. The Labute approximate surface area is 141 Å². The van der Waals surface area contributed by atoms with Gasteiger partial charge < -0.3 is 15.1 Å². The van der Waals surface area contributed by atoms with Gasteiger partial charge in [-0.3, -0.25) is 4.79 Å². The van der Waals surface area contributed by atoms with E-state index in [-0.39, 0.29) is 17.9 Å². The molecule has 3 heterocycles. The number of tetrazole rings is 1. The van der Waals surface area contributed by atoms with Crippen LogP contribution in [0.15, 0.2) is 22.8 Å². The predicted octanol–water partition coefficient (Wildman–Crippen LogP) is -0.0642. The minimum absolute atomic E-state index is 0.00939. The maximum absolute atomic E-state index is 11.4. The second-order valence-electron chi connectivity index (χ2n) is 6.45. The summed E-state index contributed by atoms with van der Waals surface area (Å²) in [6.07, 6.45) is 5.40. The average Bonchev–Trinajstić information content (AvgIpc) is 3.25. The summed E-state index contributed by atoms with van der Waals surface area (Å²) in [5, 5.41) is 12.3. The fourth-order valence-electron chi connectivity index (χ4n) is 3.55. The summed E-state index contributed by atoms with van der Waals surface area (Å²) in [6.45, 7) is 4.55. The topological polar surface area (TPSA) is 104 Å². The number of aromatic nitrogens is 4. The zero-order valence-corrected chi connectivity index (χ0v) is 14.0. The molecule has 2 aromatic rings. The van der Waals surface area contributed by atoms with Crippen molar-refractivity contribution in [2.24, 2.45) is 11.7 Å². The van der Waals surface area contributed by atoms with E-state index in [1.165, 1.54) is 4.90 Å². The zero-order valence-electron chi connectivity index (χ0n) is 14.0. The van der Waals surface area contributed by atoms with E-state index in [1.54, 1.807) is 6.26 Å². The van der Waals surface area contributed by atoms with Crippen molar-refractivity contribution in [3.05, 3.63) is 30.0 Å².